The Kier molecular flexibility index (Phi) is 4.68. The van der Waals surface area contributed by atoms with Crippen molar-refractivity contribution in [2.45, 2.75) is 11.1 Å². The fourth-order valence-corrected chi connectivity index (χ4v) is 4.72. The van der Waals surface area contributed by atoms with Crippen LogP contribution in [0.25, 0.3) is 0 Å². The second kappa shape index (κ2) is 5.35. The molecule has 0 amide bonds. The summed E-state index contributed by atoms with van der Waals surface area (Å²) in [4.78, 5) is -0.332. The summed E-state index contributed by atoms with van der Waals surface area (Å²) in [7, 11) is -4.29. The number of halogens is 5. The first-order valence-corrected chi connectivity index (χ1v) is 7.41. The van der Waals surface area contributed by atoms with E-state index in [1.54, 1.807) is 0 Å². The molecule has 0 aliphatic carbocycles. The van der Waals surface area contributed by atoms with Crippen LogP contribution < -0.4 is 10.5 Å². The highest BCUT2D eigenvalue weighted by molar-refractivity contribution is 9.11. The van der Waals surface area contributed by atoms with Gasteiger partial charge in [0.25, 0.3) is 0 Å². The molecule has 10 heteroatoms. The molecule has 102 valence electrons. The van der Waals surface area contributed by atoms with Crippen LogP contribution in [0.1, 0.15) is 0 Å². The summed E-state index contributed by atoms with van der Waals surface area (Å²) >= 11 is 5.89. The molecule has 0 fully saturated rings. The number of nitrogens with one attached hydrogen (secondary N) is 1. The summed E-state index contributed by atoms with van der Waals surface area (Å²) in [5.74, 6) is 0. The van der Waals surface area contributed by atoms with E-state index >= 15 is 0 Å². The van der Waals surface area contributed by atoms with Crippen molar-refractivity contribution in [1.82, 2.24) is 4.72 Å². The van der Waals surface area contributed by atoms with Crippen molar-refractivity contribution in [3.8, 4) is 0 Å². The number of nitrogen functional groups attached to an aromatic ring is 1. The normalized spacial score (nSPS) is 12.7. The van der Waals surface area contributed by atoms with Gasteiger partial charge in [0.1, 0.15) is 11.4 Å². The van der Waals surface area contributed by atoms with Gasteiger partial charge >= 0.3 is 6.18 Å². The van der Waals surface area contributed by atoms with Crippen molar-refractivity contribution in [2.75, 3.05) is 12.3 Å². The van der Waals surface area contributed by atoms with Gasteiger partial charge in [-0.25, -0.2) is 13.1 Å². The Hall–Kier alpha value is -0.320. The third kappa shape index (κ3) is 4.11. The van der Waals surface area contributed by atoms with Crippen molar-refractivity contribution < 1.29 is 21.6 Å². The number of alkyl halides is 3. The lowest BCUT2D eigenvalue weighted by atomic mass is 10.3. The van der Waals surface area contributed by atoms with E-state index in [9.17, 15) is 21.6 Å². The molecule has 0 bridgehead atoms. The molecule has 0 atom stereocenters. The van der Waals surface area contributed by atoms with Gasteiger partial charge in [0, 0.05) is 14.6 Å². The second-order valence-corrected chi connectivity index (χ2v) is 6.67. The Morgan fingerprint density at radius 2 is 1.67 bits per heavy atom. The summed E-state index contributed by atoms with van der Waals surface area (Å²) in [5, 5.41) is 0. The van der Waals surface area contributed by atoms with Crippen LogP contribution in [0.2, 0.25) is 0 Å². The van der Waals surface area contributed by atoms with Gasteiger partial charge in [-0.15, -0.1) is 0 Å². The van der Waals surface area contributed by atoms with Gasteiger partial charge in [0.2, 0.25) is 10.0 Å². The van der Waals surface area contributed by atoms with Crippen LogP contribution in [-0.2, 0) is 10.0 Å². The van der Waals surface area contributed by atoms with E-state index in [-0.39, 0.29) is 19.5 Å². The van der Waals surface area contributed by atoms with E-state index in [0.717, 1.165) is 0 Å². The van der Waals surface area contributed by atoms with E-state index in [4.69, 9.17) is 5.73 Å². The molecule has 3 N–H and O–H groups in total. The van der Waals surface area contributed by atoms with Crippen LogP contribution in [0, 0.1) is 0 Å². The Morgan fingerprint density at radius 1 is 1.22 bits per heavy atom. The minimum atomic E-state index is -4.63. The molecule has 1 aromatic carbocycles. The molecular formula is C8H7Br2F3N2O2S. The van der Waals surface area contributed by atoms with Crippen molar-refractivity contribution in [3.63, 3.8) is 0 Å². The van der Waals surface area contributed by atoms with Crippen molar-refractivity contribution in [1.29, 1.82) is 0 Å². The first-order valence-electron chi connectivity index (χ1n) is 4.34. The van der Waals surface area contributed by atoms with Crippen LogP contribution in [0.15, 0.2) is 26.0 Å². The average Bonchev–Trinajstić information content (AvgIpc) is 2.11. The zero-order chi connectivity index (χ0) is 14.1. The lowest BCUT2D eigenvalue weighted by Gasteiger charge is -2.12. The van der Waals surface area contributed by atoms with Crippen molar-refractivity contribution in [2.24, 2.45) is 0 Å². The maximum Gasteiger partial charge on any atom is 0.402 e. The molecule has 1 rings (SSSR count). The van der Waals surface area contributed by atoms with Gasteiger partial charge in [0.15, 0.2) is 0 Å². The molecule has 18 heavy (non-hydrogen) atoms. The Bertz CT molecular complexity index is 537. The summed E-state index contributed by atoms with van der Waals surface area (Å²) in [6.07, 6.45) is -4.63. The standard InChI is InChI=1S/C8H7Br2F3N2O2S/c9-5-1-4(14)2-6(10)7(5)18(16,17)15-3-8(11,12)13/h1-2,15H,3,14H2. The predicted octanol–water partition coefficient (Wildman–Crippen LogP) is 2.63. The number of benzene rings is 1. The molecule has 0 aromatic heterocycles. The number of anilines is 1. The average molecular weight is 412 g/mol. The monoisotopic (exact) mass is 410 g/mol. The lowest BCUT2D eigenvalue weighted by molar-refractivity contribution is -0.121. The van der Waals surface area contributed by atoms with Gasteiger partial charge in [-0.1, -0.05) is 0 Å². The van der Waals surface area contributed by atoms with Crippen LogP contribution in [0.3, 0.4) is 0 Å². The first-order chi connectivity index (χ1) is 8.03. The number of hydrogen-bond acceptors (Lipinski definition) is 3. The van der Waals surface area contributed by atoms with Gasteiger partial charge in [0.05, 0.1) is 0 Å². The predicted molar refractivity (Wildman–Crippen MR) is 67.5 cm³/mol. The first kappa shape index (κ1) is 15.7. The molecule has 0 aliphatic heterocycles. The van der Waals surface area contributed by atoms with Crippen molar-refractivity contribution >= 4 is 47.6 Å². The van der Waals surface area contributed by atoms with Gasteiger partial charge in [-0.2, -0.15) is 13.2 Å². The molecule has 4 nitrogen and oxygen atoms in total. The Morgan fingerprint density at radius 3 is 2.06 bits per heavy atom. The van der Waals surface area contributed by atoms with E-state index in [1.807, 2.05) is 0 Å². The molecule has 1 aromatic rings. The minimum absolute atomic E-state index is 0.0732. The highest BCUT2D eigenvalue weighted by atomic mass is 79.9. The fourth-order valence-electron chi connectivity index (χ4n) is 1.09. The third-order valence-corrected chi connectivity index (χ3v) is 5.03. The summed E-state index contributed by atoms with van der Waals surface area (Å²) in [6.45, 7) is -1.64. The molecule has 0 unspecified atom stereocenters. The Labute approximate surface area is 118 Å². The number of hydrogen-bond donors (Lipinski definition) is 2. The van der Waals surface area contributed by atoms with Crippen LogP contribution in [0.4, 0.5) is 18.9 Å². The number of nitrogens with two attached hydrogens (primary N) is 1. The quantitative estimate of drug-likeness (QED) is 0.751. The van der Waals surface area contributed by atoms with Gasteiger partial charge in [-0.05, 0) is 44.0 Å². The maximum atomic E-state index is 12.0. The molecule has 0 radical (unpaired) electrons. The molecular weight excluding hydrogens is 405 g/mol. The smallest absolute Gasteiger partial charge is 0.399 e. The molecule has 0 saturated heterocycles. The second-order valence-electron chi connectivity index (χ2n) is 3.25. The van der Waals surface area contributed by atoms with E-state index in [2.05, 4.69) is 31.9 Å². The lowest BCUT2D eigenvalue weighted by Crippen LogP contribution is -2.34. The maximum absolute atomic E-state index is 12.0. The van der Waals surface area contributed by atoms with Crippen LogP contribution in [0.5, 0.6) is 0 Å². The minimum Gasteiger partial charge on any atom is -0.399 e. The fraction of sp³-hybridized carbons (Fsp3) is 0.250. The van der Waals surface area contributed by atoms with Gasteiger partial charge < -0.3 is 5.73 Å². The molecule has 0 aliphatic rings. The molecule has 0 saturated carbocycles. The van der Waals surface area contributed by atoms with Crippen molar-refractivity contribution in [3.05, 3.63) is 21.1 Å². The van der Waals surface area contributed by atoms with E-state index in [0.29, 0.717) is 0 Å². The van der Waals surface area contributed by atoms with E-state index in [1.165, 1.54) is 16.9 Å². The van der Waals surface area contributed by atoms with Crippen LogP contribution >= 0.6 is 31.9 Å². The zero-order valence-electron chi connectivity index (χ0n) is 8.55. The van der Waals surface area contributed by atoms with Crippen LogP contribution in [-0.4, -0.2) is 21.1 Å². The molecule has 0 heterocycles. The number of rotatable bonds is 3. The number of sulfonamides is 1. The highest BCUT2D eigenvalue weighted by Crippen LogP contribution is 2.32. The SMILES string of the molecule is Nc1cc(Br)c(S(=O)(=O)NCC(F)(F)F)c(Br)c1. The van der Waals surface area contributed by atoms with Gasteiger partial charge in [-0.3, -0.25) is 0 Å². The highest BCUT2D eigenvalue weighted by Gasteiger charge is 2.31. The summed E-state index contributed by atoms with van der Waals surface area (Å²) < 4.78 is 61.0. The summed E-state index contributed by atoms with van der Waals surface area (Å²) in [6, 6.07) is 2.57. The largest absolute Gasteiger partial charge is 0.402 e. The summed E-state index contributed by atoms with van der Waals surface area (Å²) in [5.41, 5.74) is 5.73. The topological polar surface area (TPSA) is 72.2 Å². The zero-order valence-corrected chi connectivity index (χ0v) is 12.5. The van der Waals surface area contributed by atoms with E-state index < -0.39 is 22.7 Å². The Balaban J connectivity index is 3.14. The molecule has 0 spiro atoms. The third-order valence-electron chi connectivity index (χ3n) is 1.75.